The molecule has 25 heavy (non-hydrogen) atoms. The van der Waals surface area contributed by atoms with Crippen molar-refractivity contribution < 1.29 is 9.53 Å². The van der Waals surface area contributed by atoms with Crippen molar-refractivity contribution in [2.24, 2.45) is 0 Å². The van der Waals surface area contributed by atoms with E-state index < -0.39 is 0 Å². The zero-order valence-electron chi connectivity index (χ0n) is 14.8. The fourth-order valence-corrected chi connectivity index (χ4v) is 2.68. The normalized spacial score (nSPS) is 11.2. The smallest absolute Gasteiger partial charge is 0.343 e. The predicted octanol–water partition coefficient (Wildman–Crippen LogP) is 5.87. The highest BCUT2D eigenvalue weighted by Gasteiger charge is 2.16. The summed E-state index contributed by atoms with van der Waals surface area (Å²) in [5, 5.41) is 0. The first kappa shape index (κ1) is 17.0. The molecular weight excluding hydrogens is 308 g/mol. The van der Waals surface area contributed by atoms with Gasteiger partial charge < -0.3 is 4.74 Å². The maximum atomic E-state index is 12.5. The first-order valence-electron chi connectivity index (χ1n) is 8.42. The molecule has 0 fully saturated rings. The Hall–Kier alpha value is -2.87. The Morgan fingerprint density at radius 1 is 0.760 bits per heavy atom. The number of benzene rings is 3. The van der Waals surface area contributed by atoms with Crippen molar-refractivity contribution in [2.45, 2.75) is 26.2 Å². The van der Waals surface area contributed by atoms with E-state index in [1.54, 1.807) is 0 Å². The molecule has 3 aromatic rings. The number of carbonyl (C=O) groups is 1. The SMILES string of the molecule is CC(C)(C)c1ccc(C(=O)Oc2ccccc2-c2ccccc2)cc1. The zero-order chi connectivity index (χ0) is 17.9. The van der Waals surface area contributed by atoms with Gasteiger partial charge in [0.1, 0.15) is 5.75 Å². The van der Waals surface area contributed by atoms with E-state index in [0.717, 1.165) is 11.1 Å². The summed E-state index contributed by atoms with van der Waals surface area (Å²) in [5.41, 5.74) is 3.73. The lowest BCUT2D eigenvalue weighted by Crippen LogP contribution is -2.13. The second-order valence-corrected chi connectivity index (χ2v) is 7.08. The third kappa shape index (κ3) is 3.97. The Labute approximate surface area is 149 Å². The highest BCUT2D eigenvalue weighted by Crippen LogP contribution is 2.30. The van der Waals surface area contributed by atoms with Crippen LogP contribution in [0.25, 0.3) is 11.1 Å². The minimum Gasteiger partial charge on any atom is -0.422 e. The maximum Gasteiger partial charge on any atom is 0.343 e. The van der Waals surface area contributed by atoms with Gasteiger partial charge in [0.25, 0.3) is 0 Å². The molecule has 0 bridgehead atoms. The van der Waals surface area contributed by atoms with E-state index in [2.05, 4.69) is 20.8 Å². The number of para-hydroxylation sites is 1. The van der Waals surface area contributed by atoms with Gasteiger partial charge in [-0.2, -0.15) is 0 Å². The monoisotopic (exact) mass is 330 g/mol. The zero-order valence-corrected chi connectivity index (χ0v) is 14.8. The molecule has 3 rings (SSSR count). The summed E-state index contributed by atoms with van der Waals surface area (Å²) in [6.45, 7) is 6.45. The van der Waals surface area contributed by atoms with Gasteiger partial charge in [-0.25, -0.2) is 4.79 Å². The highest BCUT2D eigenvalue weighted by molar-refractivity contribution is 5.92. The number of esters is 1. The van der Waals surface area contributed by atoms with E-state index in [-0.39, 0.29) is 11.4 Å². The molecule has 0 N–H and O–H groups in total. The van der Waals surface area contributed by atoms with E-state index in [4.69, 9.17) is 4.74 Å². The maximum absolute atomic E-state index is 12.5. The van der Waals surface area contributed by atoms with Gasteiger partial charge in [0.2, 0.25) is 0 Å². The minimum absolute atomic E-state index is 0.0579. The van der Waals surface area contributed by atoms with Crippen molar-refractivity contribution in [1.29, 1.82) is 0 Å². The number of hydrogen-bond acceptors (Lipinski definition) is 2. The average Bonchev–Trinajstić information content (AvgIpc) is 2.62. The van der Waals surface area contributed by atoms with Gasteiger partial charge >= 0.3 is 5.97 Å². The third-order valence-electron chi connectivity index (χ3n) is 4.16. The van der Waals surface area contributed by atoms with Gasteiger partial charge in [-0.15, -0.1) is 0 Å². The second-order valence-electron chi connectivity index (χ2n) is 7.08. The van der Waals surface area contributed by atoms with E-state index >= 15 is 0 Å². The minimum atomic E-state index is -0.344. The molecule has 0 heterocycles. The van der Waals surface area contributed by atoms with E-state index in [0.29, 0.717) is 11.3 Å². The molecule has 0 radical (unpaired) electrons. The second kappa shape index (κ2) is 6.94. The lowest BCUT2D eigenvalue weighted by Gasteiger charge is -2.19. The molecule has 0 saturated heterocycles. The van der Waals surface area contributed by atoms with Gasteiger partial charge in [0, 0.05) is 5.56 Å². The lowest BCUT2D eigenvalue weighted by molar-refractivity contribution is 0.0735. The van der Waals surface area contributed by atoms with Gasteiger partial charge in [0.05, 0.1) is 5.56 Å². The van der Waals surface area contributed by atoms with Crippen LogP contribution >= 0.6 is 0 Å². The van der Waals surface area contributed by atoms with Crippen LogP contribution in [0.15, 0.2) is 78.9 Å². The van der Waals surface area contributed by atoms with Crippen LogP contribution in [0.1, 0.15) is 36.7 Å². The van der Waals surface area contributed by atoms with Crippen molar-refractivity contribution >= 4 is 5.97 Å². The molecule has 0 aliphatic carbocycles. The summed E-state index contributed by atoms with van der Waals surface area (Å²) < 4.78 is 5.67. The molecule has 0 spiro atoms. The van der Waals surface area contributed by atoms with Crippen molar-refractivity contribution in [3.05, 3.63) is 90.0 Å². The number of carbonyl (C=O) groups excluding carboxylic acids is 1. The van der Waals surface area contributed by atoms with E-state index in [9.17, 15) is 4.79 Å². The number of rotatable bonds is 3. The molecule has 0 atom stereocenters. The lowest BCUT2D eigenvalue weighted by atomic mass is 9.87. The summed E-state index contributed by atoms with van der Waals surface area (Å²) in [7, 11) is 0. The van der Waals surface area contributed by atoms with Crippen LogP contribution in [0.3, 0.4) is 0 Å². The molecule has 0 aromatic heterocycles. The molecule has 0 aliphatic rings. The predicted molar refractivity (Wildman–Crippen MR) is 102 cm³/mol. The molecule has 3 aromatic carbocycles. The van der Waals surface area contributed by atoms with Crippen LogP contribution in [0, 0.1) is 0 Å². The molecule has 0 amide bonds. The average molecular weight is 330 g/mol. The summed E-state index contributed by atoms with van der Waals surface area (Å²) in [6.07, 6.45) is 0. The summed E-state index contributed by atoms with van der Waals surface area (Å²) in [4.78, 5) is 12.5. The van der Waals surface area contributed by atoms with Crippen LogP contribution in [-0.2, 0) is 5.41 Å². The summed E-state index contributed by atoms with van der Waals surface area (Å²) in [6, 6.07) is 25.1. The van der Waals surface area contributed by atoms with E-state index in [1.807, 2.05) is 78.9 Å². The largest absolute Gasteiger partial charge is 0.422 e. The Morgan fingerprint density at radius 3 is 2.00 bits per heavy atom. The number of ether oxygens (including phenoxy) is 1. The van der Waals surface area contributed by atoms with Crippen LogP contribution < -0.4 is 4.74 Å². The third-order valence-corrected chi connectivity index (χ3v) is 4.16. The first-order valence-corrected chi connectivity index (χ1v) is 8.42. The Bertz CT molecular complexity index is 857. The fourth-order valence-electron chi connectivity index (χ4n) is 2.68. The van der Waals surface area contributed by atoms with Gasteiger partial charge in [-0.05, 0) is 34.7 Å². The van der Waals surface area contributed by atoms with Crippen molar-refractivity contribution in [1.82, 2.24) is 0 Å². The highest BCUT2D eigenvalue weighted by atomic mass is 16.5. The summed E-state index contributed by atoms with van der Waals surface area (Å²) >= 11 is 0. The molecule has 2 heteroatoms. The first-order chi connectivity index (χ1) is 11.9. The molecule has 126 valence electrons. The van der Waals surface area contributed by atoms with Gasteiger partial charge in [-0.1, -0.05) is 81.4 Å². The molecule has 0 saturated carbocycles. The fraction of sp³-hybridized carbons (Fsp3) is 0.174. The molecule has 0 aliphatic heterocycles. The molecular formula is C23H22O2. The topological polar surface area (TPSA) is 26.3 Å². The summed E-state index contributed by atoms with van der Waals surface area (Å²) in [5.74, 6) is 0.224. The van der Waals surface area contributed by atoms with E-state index in [1.165, 1.54) is 5.56 Å². The van der Waals surface area contributed by atoms with Gasteiger partial charge in [0.15, 0.2) is 0 Å². The van der Waals surface area contributed by atoms with Crippen LogP contribution in [0.5, 0.6) is 5.75 Å². The number of hydrogen-bond donors (Lipinski definition) is 0. The Balaban J connectivity index is 1.85. The van der Waals surface area contributed by atoms with Crippen LogP contribution in [0.4, 0.5) is 0 Å². The Morgan fingerprint density at radius 2 is 1.36 bits per heavy atom. The van der Waals surface area contributed by atoms with Crippen molar-refractivity contribution in [3.63, 3.8) is 0 Å². The molecule has 2 nitrogen and oxygen atoms in total. The van der Waals surface area contributed by atoms with Crippen molar-refractivity contribution in [2.75, 3.05) is 0 Å². The quantitative estimate of drug-likeness (QED) is 0.443. The molecule has 0 unspecified atom stereocenters. The standard InChI is InChI=1S/C23H22O2/c1-23(2,3)19-15-13-18(14-16-19)22(24)25-21-12-8-7-11-20(21)17-9-5-4-6-10-17/h4-16H,1-3H3. The van der Waals surface area contributed by atoms with Crippen molar-refractivity contribution in [3.8, 4) is 16.9 Å². The van der Waals surface area contributed by atoms with Gasteiger partial charge in [-0.3, -0.25) is 0 Å². The Kier molecular flexibility index (Phi) is 4.71. The van der Waals surface area contributed by atoms with Crippen LogP contribution in [0.2, 0.25) is 0 Å². The van der Waals surface area contributed by atoms with Crippen LogP contribution in [-0.4, -0.2) is 5.97 Å².